The van der Waals surface area contributed by atoms with E-state index in [1.54, 1.807) is 0 Å². The van der Waals surface area contributed by atoms with Gasteiger partial charge in [-0.1, -0.05) is 6.42 Å². The van der Waals surface area contributed by atoms with Crippen LogP contribution in [0.4, 0.5) is 23.2 Å². The van der Waals surface area contributed by atoms with Crippen molar-refractivity contribution < 1.29 is 27.1 Å². The second-order valence-corrected chi connectivity index (χ2v) is 6.74. The largest absolute Gasteiger partial charge is 0.436 e. The number of anilines is 1. The Kier molecular flexibility index (Phi) is 9.33. The zero-order valence-electron chi connectivity index (χ0n) is 15.6. The summed E-state index contributed by atoms with van der Waals surface area (Å²) < 4.78 is 57.0. The highest BCUT2D eigenvalue weighted by atomic mass is 35.5. The van der Waals surface area contributed by atoms with Gasteiger partial charge in [0.2, 0.25) is 11.8 Å². The smallest absolute Gasteiger partial charge is 0.417 e. The Morgan fingerprint density at radius 1 is 1.20 bits per heavy atom. The number of ether oxygens (including phenoxy) is 1. The zero-order valence-corrected chi connectivity index (χ0v) is 17.2. The van der Waals surface area contributed by atoms with Gasteiger partial charge < -0.3 is 15.8 Å². The highest BCUT2D eigenvalue weighted by Gasteiger charge is 2.30. The van der Waals surface area contributed by atoms with E-state index in [9.17, 15) is 22.4 Å². The monoisotopic (exact) mass is 469 g/mol. The van der Waals surface area contributed by atoms with E-state index < -0.39 is 17.6 Å². The average molecular weight is 470 g/mol. The van der Waals surface area contributed by atoms with Gasteiger partial charge in [0.1, 0.15) is 0 Å². The summed E-state index contributed by atoms with van der Waals surface area (Å²) in [6.07, 6.45) is -0.838. The number of alkyl halides is 3. The predicted molar refractivity (Wildman–Crippen MR) is 109 cm³/mol. The van der Waals surface area contributed by atoms with Crippen LogP contribution in [0.25, 0.3) is 0 Å². The molecule has 0 aliphatic heterocycles. The van der Waals surface area contributed by atoms with Gasteiger partial charge in [0.15, 0.2) is 11.6 Å². The average Bonchev–Trinajstić information content (AvgIpc) is 3.01. The Balaban J connectivity index is 0.00000225. The van der Waals surface area contributed by atoms with Crippen molar-refractivity contribution in [1.29, 1.82) is 0 Å². The standard InChI is InChI=1S/C19H19F4N3O2.2ClH/c20-14-9-13(26-17(27)8-11-2-1-3-15(11)24)5-6-16(14)28-18-7-4-12(10-25-18)19(21,22)23;;/h4-7,9-11,15H,1-3,8,24H2,(H,26,27);2*1H/t11-,15+;;/m0../s1. The zero-order chi connectivity index (χ0) is 20.3. The van der Waals surface area contributed by atoms with Gasteiger partial charge in [0.05, 0.1) is 5.56 Å². The third kappa shape index (κ3) is 6.72. The lowest BCUT2D eigenvalue weighted by Gasteiger charge is -2.15. The molecule has 1 fully saturated rings. The van der Waals surface area contributed by atoms with E-state index in [1.807, 2.05) is 0 Å². The van der Waals surface area contributed by atoms with Crippen LogP contribution in [0.1, 0.15) is 31.2 Å². The number of carbonyl (C=O) groups excluding carboxylic acids is 1. The molecule has 2 atom stereocenters. The third-order valence-corrected chi connectivity index (χ3v) is 4.66. The number of benzene rings is 1. The maximum Gasteiger partial charge on any atom is 0.417 e. The van der Waals surface area contributed by atoms with Crippen LogP contribution >= 0.6 is 24.8 Å². The van der Waals surface area contributed by atoms with Crippen LogP contribution in [0, 0.1) is 11.7 Å². The summed E-state index contributed by atoms with van der Waals surface area (Å²) in [5.41, 5.74) is 5.27. The van der Waals surface area contributed by atoms with E-state index >= 15 is 0 Å². The van der Waals surface area contributed by atoms with Gasteiger partial charge in [-0.2, -0.15) is 13.2 Å². The topological polar surface area (TPSA) is 77.2 Å². The number of hydrogen-bond donors (Lipinski definition) is 2. The fraction of sp³-hybridized carbons (Fsp3) is 0.368. The number of hydrogen-bond acceptors (Lipinski definition) is 4. The fourth-order valence-electron chi connectivity index (χ4n) is 3.15. The second kappa shape index (κ2) is 10.8. The quantitative estimate of drug-likeness (QED) is 0.580. The van der Waals surface area contributed by atoms with Crippen molar-refractivity contribution in [1.82, 2.24) is 4.98 Å². The Hall–Kier alpha value is -2.10. The molecule has 0 spiro atoms. The summed E-state index contributed by atoms with van der Waals surface area (Å²) in [5, 5.41) is 2.61. The number of halogens is 6. The lowest BCUT2D eigenvalue weighted by molar-refractivity contribution is -0.137. The maximum absolute atomic E-state index is 14.2. The van der Waals surface area contributed by atoms with Crippen molar-refractivity contribution in [3.63, 3.8) is 0 Å². The van der Waals surface area contributed by atoms with Gasteiger partial charge in [0, 0.05) is 36.5 Å². The molecule has 0 radical (unpaired) electrons. The molecule has 0 saturated heterocycles. The van der Waals surface area contributed by atoms with Crippen molar-refractivity contribution >= 4 is 36.4 Å². The Morgan fingerprint density at radius 3 is 2.47 bits per heavy atom. The molecule has 1 amide bonds. The first-order valence-electron chi connectivity index (χ1n) is 8.78. The first-order chi connectivity index (χ1) is 13.2. The summed E-state index contributed by atoms with van der Waals surface area (Å²) in [6, 6.07) is 5.59. The summed E-state index contributed by atoms with van der Waals surface area (Å²) >= 11 is 0. The molecule has 166 valence electrons. The molecule has 0 unspecified atom stereocenters. The lowest BCUT2D eigenvalue weighted by atomic mass is 10.00. The molecule has 5 nitrogen and oxygen atoms in total. The summed E-state index contributed by atoms with van der Waals surface area (Å²) in [4.78, 5) is 15.6. The number of pyridine rings is 1. The van der Waals surface area contributed by atoms with Crippen LogP contribution in [-0.2, 0) is 11.0 Å². The number of nitrogens with one attached hydrogen (secondary N) is 1. The third-order valence-electron chi connectivity index (χ3n) is 4.66. The van der Waals surface area contributed by atoms with E-state index in [0.29, 0.717) is 6.20 Å². The van der Waals surface area contributed by atoms with Crippen molar-refractivity contribution in [2.45, 2.75) is 37.9 Å². The number of aromatic nitrogens is 1. The number of nitrogens with two attached hydrogens (primary N) is 1. The first kappa shape index (κ1) is 25.9. The van der Waals surface area contributed by atoms with Crippen LogP contribution in [0.2, 0.25) is 0 Å². The predicted octanol–water partition coefficient (Wildman–Crippen LogP) is 5.33. The van der Waals surface area contributed by atoms with Crippen LogP contribution < -0.4 is 15.8 Å². The van der Waals surface area contributed by atoms with Gasteiger partial charge in [0.25, 0.3) is 0 Å². The molecule has 30 heavy (non-hydrogen) atoms. The SMILES string of the molecule is Cl.Cl.N[C@@H]1CCC[C@H]1CC(=O)Nc1ccc(Oc2ccc(C(F)(F)F)cn2)c(F)c1. The Morgan fingerprint density at radius 2 is 1.93 bits per heavy atom. The van der Waals surface area contributed by atoms with Crippen molar-refractivity contribution in [2.24, 2.45) is 11.7 Å². The number of nitrogens with zero attached hydrogens (tertiary/aromatic N) is 1. The van der Waals surface area contributed by atoms with Gasteiger partial charge in [-0.25, -0.2) is 9.37 Å². The van der Waals surface area contributed by atoms with Gasteiger partial charge in [-0.05, 0) is 37.0 Å². The second-order valence-electron chi connectivity index (χ2n) is 6.74. The molecule has 2 aromatic rings. The number of rotatable bonds is 5. The molecule has 3 N–H and O–H groups in total. The molecule has 11 heteroatoms. The molecule has 1 saturated carbocycles. The van der Waals surface area contributed by atoms with Crippen LogP contribution in [0.3, 0.4) is 0 Å². The maximum atomic E-state index is 14.2. The highest BCUT2D eigenvalue weighted by molar-refractivity contribution is 5.91. The fourth-order valence-corrected chi connectivity index (χ4v) is 3.15. The Labute approximate surface area is 183 Å². The summed E-state index contributed by atoms with van der Waals surface area (Å²) in [7, 11) is 0. The van der Waals surface area contributed by atoms with Crippen molar-refractivity contribution in [3.8, 4) is 11.6 Å². The van der Waals surface area contributed by atoms with E-state index in [0.717, 1.165) is 37.5 Å². The molecule has 1 aliphatic rings. The van der Waals surface area contributed by atoms with Gasteiger partial charge >= 0.3 is 6.18 Å². The van der Waals surface area contributed by atoms with Crippen LogP contribution in [0.5, 0.6) is 11.6 Å². The summed E-state index contributed by atoms with van der Waals surface area (Å²) in [6.45, 7) is 0. The number of amides is 1. The molecular formula is C19H21Cl2F4N3O2. The normalized spacial score (nSPS) is 18.2. The molecule has 3 rings (SSSR count). The van der Waals surface area contributed by atoms with Gasteiger partial charge in [-0.3, -0.25) is 4.79 Å². The lowest BCUT2D eigenvalue weighted by Crippen LogP contribution is -2.28. The van der Waals surface area contributed by atoms with Crippen LogP contribution in [-0.4, -0.2) is 16.9 Å². The first-order valence-corrected chi connectivity index (χ1v) is 8.78. The molecule has 1 aliphatic carbocycles. The van der Waals surface area contributed by atoms with E-state index in [2.05, 4.69) is 10.3 Å². The molecule has 1 aromatic heterocycles. The van der Waals surface area contributed by atoms with Crippen LogP contribution in [0.15, 0.2) is 36.5 Å². The van der Waals surface area contributed by atoms with E-state index in [-0.39, 0.29) is 66.4 Å². The Bertz CT molecular complexity index is 851. The molecular weight excluding hydrogens is 449 g/mol. The highest BCUT2D eigenvalue weighted by Crippen LogP contribution is 2.31. The molecule has 1 aromatic carbocycles. The molecule has 0 bridgehead atoms. The van der Waals surface area contributed by atoms with Crippen molar-refractivity contribution in [2.75, 3.05) is 5.32 Å². The minimum Gasteiger partial charge on any atom is -0.436 e. The number of carbonyl (C=O) groups is 1. The van der Waals surface area contributed by atoms with E-state index in [4.69, 9.17) is 10.5 Å². The summed E-state index contributed by atoms with van der Waals surface area (Å²) in [5.74, 6) is -1.31. The van der Waals surface area contributed by atoms with Gasteiger partial charge in [-0.15, -0.1) is 24.8 Å². The molecule has 1 heterocycles. The minimum atomic E-state index is -4.51. The van der Waals surface area contributed by atoms with Crippen molar-refractivity contribution in [3.05, 3.63) is 47.9 Å². The van der Waals surface area contributed by atoms with E-state index in [1.165, 1.54) is 12.1 Å². The minimum absolute atomic E-state index is 0.